The smallest absolute Gasteiger partial charge is 0.408 e. The first-order chi connectivity index (χ1) is 13.1. The van der Waals surface area contributed by atoms with Crippen molar-refractivity contribution in [3.05, 3.63) is 59.9 Å². The molecule has 3 amide bonds. The number of carbonyl (C=O) groups is 3. The number of rotatable bonds is 6. The first kappa shape index (κ1) is 20.9. The lowest BCUT2D eigenvalue weighted by molar-refractivity contribution is -0.120. The molecular formula is C20H24N4O4. The number of carbonyl (C=O) groups excluding carboxylic acids is 3. The van der Waals surface area contributed by atoms with E-state index >= 15 is 0 Å². The van der Waals surface area contributed by atoms with Gasteiger partial charge in [-0.2, -0.15) is 0 Å². The van der Waals surface area contributed by atoms with E-state index in [1.54, 1.807) is 69.4 Å². The van der Waals surface area contributed by atoms with Crippen LogP contribution in [0.25, 0.3) is 0 Å². The van der Waals surface area contributed by atoms with Crippen molar-refractivity contribution in [2.75, 3.05) is 5.32 Å². The standard InChI is InChI=1S/C20H24N4O4/c1-20(2,3)28-19(27)24-16(17(21)25)12-13-7-9-14(10-8-13)23-18(26)15-6-4-5-11-22-15/h4-11,16H,12H2,1-3H3,(H2,21,25)(H,23,26)(H,24,27)/t16-/m0/s1. The van der Waals surface area contributed by atoms with E-state index in [1.807, 2.05) is 0 Å². The molecule has 0 aliphatic rings. The molecule has 0 saturated carbocycles. The molecule has 8 heteroatoms. The zero-order valence-electron chi connectivity index (χ0n) is 16.1. The number of anilines is 1. The van der Waals surface area contributed by atoms with Crippen LogP contribution >= 0.6 is 0 Å². The van der Waals surface area contributed by atoms with E-state index < -0.39 is 23.6 Å². The Morgan fingerprint density at radius 3 is 2.32 bits per heavy atom. The van der Waals surface area contributed by atoms with Crippen LogP contribution in [0.1, 0.15) is 36.8 Å². The molecule has 0 spiro atoms. The van der Waals surface area contributed by atoms with Gasteiger partial charge in [0, 0.05) is 18.3 Å². The van der Waals surface area contributed by atoms with Gasteiger partial charge in [-0.3, -0.25) is 14.6 Å². The third-order valence-electron chi connectivity index (χ3n) is 3.58. The van der Waals surface area contributed by atoms with Crippen LogP contribution in [0.2, 0.25) is 0 Å². The van der Waals surface area contributed by atoms with E-state index in [2.05, 4.69) is 15.6 Å². The molecule has 0 radical (unpaired) electrons. The number of hydrogen-bond acceptors (Lipinski definition) is 5. The SMILES string of the molecule is CC(C)(C)OC(=O)N[C@@H](Cc1ccc(NC(=O)c2ccccn2)cc1)C(N)=O. The molecule has 8 nitrogen and oxygen atoms in total. The Kier molecular flexibility index (Phi) is 6.70. The molecule has 4 N–H and O–H groups in total. The Morgan fingerprint density at radius 2 is 1.79 bits per heavy atom. The summed E-state index contributed by atoms with van der Waals surface area (Å²) >= 11 is 0. The minimum Gasteiger partial charge on any atom is -0.444 e. The molecule has 1 aromatic carbocycles. The number of nitrogens with zero attached hydrogens (tertiary/aromatic N) is 1. The molecule has 0 saturated heterocycles. The Bertz CT molecular complexity index is 830. The van der Waals surface area contributed by atoms with Gasteiger partial charge in [-0.1, -0.05) is 18.2 Å². The third-order valence-corrected chi connectivity index (χ3v) is 3.58. The highest BCUT2D eigenvalue weighted by Crippen LogP contribution is 2.13. The van der Waals surface area contributed by atoms with E-state index in [9.17, 15) is 14.4 Å². The molecule has 28 heavy (non-hydrogen) atoms. The maximum Gasteiger partial charge on any atom is 0.408 e. The number of pyridine rings is 1. The van der Waals surface area contributed by atoms with E-state index in [4.69, 9.17) is 10.5 Å². The second-order valence-electron chi connectivity index (χ2n) is 7.17. The summed E-state index contributed by atoms with van der Waals surface area (Å²) in [4.78, 5) is 39.6. The summed E-state index contributed by atoms with van der Waals surface area (Å²) < 4.78 is 5.15. The van der Waals surface area contributed by atoms with E-state index in [-0.39, 0.29) is 12.3 Å². The maximum atomic E-state index is 12.1. The fraction of sp³-hybridized carbons (Fsp3) is 0.300. The first-order valence-electron chi connectivity index (χ1n) is 8.74. The zero-order chi connectivity index (χ0) is 20.7. The lowest BCUT2D eigenvalue weighted by atomic mass is 10.1. The monoisotopic (exact) mass is 384 g/mol. The first-order valence-corrected chi connectivity index (χ1v) is 8.74. The number of ether oxygens (including phenoxy) is 1. The molecule has 1 aromatic heterocycles. The molecule has 0 fully saturated rings. The molecule has 0 bridgehead atoms. The number of hydrogen-bond donors (Lipinski definition) is 3. The van der Waals surface area contributed by atoms with E-state index in [1.165, 1.54) is 0 Å². The fourth-order valence-electron chi connectivity index (χ4n) is 2.32. The molecule has 1 heterocycles. The summed E-state index contributed by atoms with van der Waals surface area (Å²) in [6, 6.07) is 11.0. The lowest BCUT2D eigenvalue weighted by Crippen LogP contribution is -2.47. The van der Waals surface area contributed by atoms with Crippen molar-refractivity contribution < 1.29 is 19.1 Å². The molecule has 148 valence electrons. The molecular weight excluding hydrogens is 360 g/mol. The van der Waals surface area contributed by atoms with Crippen LogP contribution in [0, 0.1) is 0 Å². The van der Waals surface area contributed by atoms with Gasteiger partial charge >= 0.3 is 6.09 Å². The largest absolute Gasteiger partial charge is 0.444 e. The van der Waals surface area contributed by atoms with E-state index in [0.29, 0.717) is 11.4 Å². The summed E-state index contributed by atoms with van der Waals surface area (Å²) in [5.41, 5.74) is 6.35. The Morgan fingerprint density at radius 1 is 1.11 bits per heavy atom. The average Bonchev–Trinajstić information content (AvgIpc) is 2.61. The van der Waals surface area contributed by atoms with Crippen molar-refractivity contribution in [2.45, 2.75) is 38.8 Å². The molecule has 0 unspecified atom stereocenters. The number of nitrogens with two attached hydrogens (primary N) is 1. The predicted octanol–water partition coefficient (Wildman–Crippen LogP) is 2.25. The number of amides is 3. The Balaban J connectivity index is 1.98. The number of primary amides is 1. The van der Waals surface area contributed by atoms with Crippen molar-refractivity contribution in [1.82, 2.24) is 10.3 Å². The highest BCUT2D eigenvalue weighted by atomic mass is 16.6. The van der Waals surface area contributed by atoms with Crippen LogP contribution in [0.4, 0.5) is 10.5 Å². The fourth-order valence-corrected chi connectivity index (χ4v) is 2.32. The lowest BCUT2D eigenvalue weighted by Gasteiger charge is -2.22. The normalized spacial score (nSPS) is 12.0. The minimum atomic E-state index is -0.913. The molecule has 0 aliphatic heterocycles. The summed E-state index contributed by atoms with van der Waals surface area (Å²) in [5, 5.41) is 5.21. The molecule has 2 aromatic rings. The van der Waals surface area contributed by atoms with Crippen molar-refractivity contribution in [3.8, 4) is 0 Å². The quantitative estimate of drug-likeness (QED) is 0.705. The van der Waals surface area contributed by atoms with Gasteiger partial charge in [-0.05, 0) is 50.6 Å². The second kappa shape index (κ2) is 8.98. The minimum absolute atomic E-state index is 0.197. The van der Waals surface area contributed by atoms with Gasteiger partial charge in [0.2, 0.25) is 5.91 Å². The van der Waals surface area contributed by atoms with Crippen molar-refractivity contribution >= 4 is 23.6 Å². The van der Waals surface area contributed by atoms with Crippen LogP contribution in [0.5, 0.6) is 0 Å². The third kappa shape index (κ3) is 6.71. The van der Waals surface area contributed by atoms with Crippen LogP contribution in [0.3, 0.4) is 0 Å². The number of benzene rings is 1. The molecule has 2 rings (SSSR count). The second-order valence-corrected chi connectivity index (χ2v) is 7.17. The summed E-state index contributed by atoms with van der Waals surface area (Å²) in [5.74, 6) is -0.992. The maximum absolute atomic E-state index is 12.1. The Hall–Kier alpha value is -3.42. The Labute approximate surface area is 163 Å². The van der Waals surface area contributed by atoms with Crippen LogP contribution in [-0.2, 0) is 16.0 Å². The number of alkyl carbamates (subject to hydrolysis) is 1. The zero-order valence-corrected chi connectivity index (χ0v) is 16.1. The van der Waals surface area contributed by atoms with Crippen LogP contribution < -0.4 is 16.4 Å². The molecule has 0 aliphatic carbocycles. The number of aromatic nitrogens is 1. The van der Waals surface area contributed by atoms with Gasteiger partial charge < -0.3 is 21.1 Å². The van der Waals surface area contributed by atoms with Gasteiger partial charge in [0.15, 0.2) is 0 Å². The van der Waals surface area contributed by atoms with Gasteiger partial charge in [0.05, 0.1) is 0 Å². The van der Waals surface area contributed by atoms with Crippen LogP contribution in [-0.4, -0.2) is 34.5 Å². The molecule has 1 atom stereocenters. The van der Waals surface area contributed by atoms with Gasteiger partial charge in [-0.25, -0.2) is 4.79 Å². The van der Waals surface area contributed by atoms with Gasteiger partial charge in [-0.15, -0.1) is 0 Å². The average molecular weight is 384 g/mol. The highest BCUT2D eigenvalue weighted by Gasteiger charge is 2.23. The highest BCUT2D eigenvalue weighted by molar-refractivity contribution is 6.02. The topological polar surface area (TPSA) is 123 Å². The van der Waals surface area contributed by atoms with Crippen molar-refractivity contribution in [2.24, 2.45) is 5.73 Å². The van der Waals surface area contributed by atoms with Crippen LogP contribution in [0.15, 0.2) is 48.7 Å². The van der Waals surface area contributed by atoms with E-state index in [0.717, 1.165) is 5.56 Å². The van der Waals surface area contributed by atoms with Crippen molar-refractivity contribution in [3.63, 3.8) is 0 Å². The summed E-state index contributed by atoms with van der Waals surface area (Å²) in [6.07, 6.45) is 1.03. The summed E-state index contributed by atoms with van der Waals surface area (Å²) in [6.45, 7) is 5.18. The van der Waals surface area contributed by atoms with Gasteiger partial charge in [0.25, 0.3) is 5.91 Å². The summed E-state index contributed by atoms with van der Waals surface area (Å²) in [7, 11) is 0. The number of nitrogens with one attached hydrogen (secondary N) is 2. The predicted molar refractivity (Wildman–Crippen MR) is 105 cm³/mol. The van der Waals surface area contributed by atoms with Gasteiger partial charge in [0.1, 0.15) is 17.3 Å². The van der Waals surface area contributed by atoms with Crippen molar-refractivity contribution in [1.29, 1.82) is 0 Å².